The third-order valence-corrected chi connectivity index (χ3v) is 2.68. The molecule has 0 bridgehead atoms. The van der Waals surface area contributed by atoms with Gasteiger partial charge in [-0.05, 0) is 51.5 Å². The van der Waals surface area contributed by atoms with Crippen molar-refractivity contribution < 1.29 is 19.1 Å². The summed E-state index contributed by atoms with van der Waals surface area (Å²) in [7, 11) is 1.59. The van der Waals surface area contributed by atoms with E-state index < -0.39 is 5.60 Å². The number of anilines is 1. The molecule has 116 valence electrons. The van der Waals surface area contributed by atoms with Crippen molar-refractivity contribution in [2.45, 2.75) is 46.1 Å². The number of carbonyl (C=O) groups is 2. The van der Waals surface area contributed by atoms with Crippen LogP contribution in [0.25, 0.3) is 0 Å². The molecule has 0 unspecified atom stereocenters. The molecule has 0 saturated heterocycles. The SMILES string of the molecule is COc1ccc(NC(=O)CCC(=O)OC(C)(C)C)c(C)c1. The summed E-state index contributed by atoms with van der Waals surface area (Å²) in [5.74, 6) is 0.150. The van der Waals surface area contributed by atoms with Crippen LogP contribution in [0.15, 0.2) is 18.2 Å². The molecule has 0 aliphatic heterocycles. The second kappa shape index (κ2) is 7.11. The molecule has 1 aromatic carbocycles. The third kappa shape index (κ3) is 6.29. The van der Waals surface area contributed by atoms with E-state index in [1.807, 2.05) is 13.0 Å². The Morgan fingerprint density at radius 2 is 1.86 bits per heavy atom. The van der Waals surface area contributed by atoms with E-state index in [0.717, 1.165) is 11.3 Å². The van der Waals surface area contributed by atoms with Gasteiger partial charge in [-0.15, -0.1) is 0 Å². The van der Waals surface area contributed by atoms with Gasteiger partial charge in [-0.1, -0.05) is 0 Å². The number of benzene rings is 1. The Morgan fingerprint density at radius 3 is 2.38 bits per heavy atom. The van der Waals surface area contributed by atoms with E-state index in [2.05, 4.69) is 5.32 Å². The van der Waals surface area contributed by atoms with Crippen LogP contribution in [-0.4, -0.2) is 24.6 Å². The lowest BCUT2D eigenvalue weighted by molar-refractivity contribution is -0.155. The average molecular weight is 293 g/mol. The fraction of sp³-hybridized carbons (Fsp3) is 0.500. The number of carbonyl (C=O) groups excluding carboxylic acids is 2. The maximum absolute atomic E-state index is 11.8. The van der Waals surface area contributed by atoms with E-state index in [1.165, 1.54) is 0 Å². The van der Waals surface area contributed by atoms with Gasteiger partial charge in [0.25, 0.3) is 0 Å². The second-order valence-electron chi connectivity index (χ2n) is 5.82. The number of rotatable bonds is 5. The van der Waals surface area contributed by atoms with Gasteiger partial charge in [0.1, 0.15) is 11.4 Å². The molecule has 1 amide bonds. The van der Waals surface area contributed by atoms with E-state index in [9.17, 15) is 9.59 Å². The van der Waals surface area contributed by atoms with Gasteiger partial charge in [-0.25, -0.2) is 0 Å². The van der Waals surface area contributed by atoms with Crippen molar-refractivity contribution in [2.24, 2.45) is 0 Å². The number of ether oxygens (including phenoxy) is 2. The minimum atomic E-state index is -0.528. The van der Waals surface area contributed by atoms with E-state index in [0.29, 0.717) is 5.69 Å². The van der Waals surface area contributed by atoms with Gasteiger partial charge < -0.3 is 14.8 Å². The Labute approximate surface area is 125 Å². The normalized spacial score (nSPS) is 10.9. The number of nitrogens with one attached hydrogen (secondary N) is 1. The number of hydrogen-bond donors (Lipinski definition) is 1. The highest BCUT2D eigenvalue weighted by molar-refractivity contribution is 5.93. The summed E-state index contributed by atoms with van der Waals surface area (Å²) in [5.41, 5.74) is 1.09. The molecule has 0 atom stereocenters. The van der Waals surface area contributed by atoms with Gasteiger partial charge in [0.2, 0.25) is 5.91 Å². The van der Waals surface area contributed by atoms with Gasteiger partial charge in [0.05, 0.1) is 13.5 Å². The van der Waals surface area contributed by atoms with Crippen LogP contribution in [-0.2, 0) is 14.3 Å². The molecule has 5 heteroatoms. The topological polar surface area (TPSA) is 64.6 Å². The fourth-order valence-corrected chi connectivity index (χ4v) is 1.72. The lowest BCUT2D eigenvalue weighted by Crippen LogP contribution is -2.24. The minimum Gasteiger partial charge on any atom is -0.497 e. The maximum Gasteiger partial charge on any atom is 0.306 e. The highest BCUT2D eigenvalue weighted by Crippen LogP contribution is 2.21. The number of amides is 1. The highest BCUT2D eigenvalue weighted by Gasteiger charge is 2.17. The second-order valence-corrected chi connectivity index (χ2v) is 5.82. The predicted octanol–water partition coefficient (Wildman–Crippen LogP) is 3.06. The van der Waals surface area contributed by atoms with Gasteiger partial charge in [-0.2, -0.15) is 0 Å². The van der Waals surface area contributed by atoms with Gasteiger partial charge >= 0.3 is 5.97 Å². The molecule has 1 aromatic rings. The van der Waals surface area contributed by atoms with Crippen molar-refractivity contribution in [1.82, 2.24) is 0 Å². The summed E-state index contributed by atoms with van der Waals surface area (Å²) in [4.78, 5) is 23.4. The summed E-state index contributed by atoms with van der Waals surface area (Å²) >= 11 is 0. The zero-order valence-corrected chi connectivity index (χ0v) is 13.3. The summed E-state index contributed by atoms with van der Waals surface area (Å²) in [6, 6.07) is 5.39. The van der Waals surface area contributed by atoms with Crippen LogP contribution >= 0.6 is 0 Å². The quantitative estimate of drug-likeness (QED) is 0.847. The number of hydrogen-bond acceptors (Lipinski definition) is 4. The average Bonchev–Trinajstić information content (AvgIpc) is 2.37. The predicted molar refractivity (Wildman–Crippen MR) is 81.4 cm³/mol. The molecule has 0 heterocycles. The van der Waals surface area contributed by atoms with Crippen LogP contribution < -0.4 is 10.1 Å². The van der Waals surface area contributed by atoms with Crippen molar-refractivity contribution >= 4 is 17.6 Å². The van der Waals surface area contributed by atoms with Crippen LogP contribution in [0, 0.1) is 6.92 Å². The van der Waals surface area contributed by atoms with Gasteiger partial charge in [-0.3, -0.25) is 9.59 Å². The van der Waals surface area contributed by atoms with Crippen molar-refractivity contribution in [2.75, 3.05) is 12.4 Å². The van der Waals surface area contributed by atoms with Crippen LogP contribution in [0.2, 0.25) is 0 Å². The number of aryl methyl sites for hydroxylation is 1. The van der Waals surface area contributed by atoms with E-state index in [-0.39, 0.29) is 24.7 Å². The largest absolute Gasteiger partial charge is 0.497 e. The Balaban J connectivity index is 2.49. The Hall–Kier alpha value is -2.04. The molecule has 21 heavy (non-hydrogen) atoms. The molecule has 0 aliphatic carbocycles. The van der Waals surface area contributed by atoms with Crippen molar-refractivity contribution in [3.05, 3.63) is 23.8 Å². The molecule has 0 spiro atoms. The summed E-state index contributed by atoms with van der Waals surface area (Å²) in [5, 5.41) is 2.78. The maximum atomic E-state index is 11.8. The molecule has 1 N–H and O–H groups in total. The summed E-state index contributed by atoms with van der Waals surface area (Å²) < 4.78 is 10.3. The van der Waals surface area contributed by atoms with Crippen LogP contribution in [0.4, 0.5) is 5.69 Å². The Morgan fingerprint density at radius 1 is 1.19 bits per heavy atom. The zero-order chi connectivity index (χ0) is 16.0. The molecule has 1 rings (SSSR count). The molecule has 5 nitrogen and oxygen atoms in total. The molecular formula is C16H23NO4. The monoisotopic (exact) mass is 293 g/mol. The summed E-state index contributed by atoms with van der Waals surface area (Å²) in [6.07, 6.45) is 0.165. The Bertz CT molecular complexity index is 517. The molecule has 0 fully saturated rings. The molecule has 0 aromatic heterocycles. The van der Waals surface area contributed by atoms with Gasteiger partial charge in [0.15, 0.2) is 0 Å². The van der Waals surface area contributed by atoms with Crippen LogP contribution in [0.1, 0.15) is 39.2 Å². The van der Waals surface area contributed by atoms with E-state index in [4.69, 9.17) is 9.47 Å². The first-order valence-electron chi connectivity index (χ1n) is 6.87. The zero-order valence-electron chi connectivity index (χ0n) is 13.3. The lowest BCUT2D eigenvalue weighted by atomic mass is 10.1. The number of methoxy groups -OCH3 is 1. The highest BCUT2D eigenvalue weighted by atomic mass is 16.6. The molecule has 0 radical (unpaired) electrons. The smallest absolute Gasteiger partial charge is 0.306 e. The number of esters is 1. The van der Waals surface area contributed by atoms with Crippen molar-refractivity contribution in [1.29, 1.82) is 0 Å². The Kier molecular flexibility index (Phi) is 5.76. The molecular weight excluding hydrogens is 270 g/mol. The lowest BCUT2D eigenvalue weighted by Gasteiger charge is -2.19. The van der Waals surface area contributed by atoms with Crippen molar-refractivity contribution in [3.63, 3.8) is 0 Å². The first kappa shape index (κ1) is 17.0. The fourth-order valence-electron chi connectivity index (χ4n) is 1.72. The standard InChI is InChI=1S/C16H23NO4/c1-11-10-12(20-5)6-7-13(11)17-14(18)8-9-15(19)21-16(2,3)4/h6-7,10H,8-9H2,1-5H3,(H,17,18). The molecule has 0 saturated carbocycles. The van der Waals surface area contributed by atoms with Gasteiger partial charge in [0, 0.05) is 12.1 Å². The third-order valence-electron chi connectivity index (χ3n) is 2.68. The summed E-state index contributed by atoms with van der Waals surface area (Å²) in [6.45, 7) is 7.27. The first-order chi connectivity index (χ1) is 9.71. The first-order valence-corrected chi connectivity index (χ1v) is 6.87. The van der Waals surface area contributed by atoms with Crippen molar-refractivity contribution in [3.8, 4) is 5.75 Å². The van der Waals surface area contributed by atoms with E-state index >= 15 is 0 Å². The molecule has 0 aliphatic rings. The van der Waals surface area contributed by atoms with E-state index in [1.54, 1.807) is 40.0 Å². The van der Waals surface area contributed by atoms with Crippen LogP contribution in [0.3, 0.4) is 0 Å². The minimum absolute atomic E-state index is 0.0678. The van der Waals surface area contributed by atoms with Crippen LogP contribution in [0.5, 0.6) is 5.75 Å².